The standard InChI is InChI=1S/C14H25Cl3O2Si/c1-5-12(11-18)9-10-13(14(15,16)17)19-20(6-2,7-3)8-4/h5,9,13,18H,1,6-8,10-11H2,2-4H3/b12-9+/t13-/m1/s1. The summed E-state index contributed by atoms with van der Waals surface area (Å²) in [6, 6.07) is 2.99. The lowest BCUT2D eigenvalue weighted by molar-refractivity contribution is 0.193. The molecule has 6 heteroatoms. The number of aliphatic hydroxyl groups excluding tert-OH is 1. The van der Waals surface area contributed by atoms with Gasteiger partial charge in [-0.15, -0.1) is 0 Å². The largest absolute Gasteiger partial charge is 0.409 e. The predicted molar refractivity (Wildman–Crippen MR) is 92.3 cm³/mol. The summed E-state index contributed by atoms with van der Waals surface area (Å²) in [6.45, 7) is 9.96. The highest BCUT2D eigenvalue weighted by Crippen LogP contribution is 2.38. The topological polar surface area (TPSA) is 29.5 Å². The van der Waals surface area contributed by atoms with Crippen molar-refractivity contribution in [2.75, 3.05) is 6.61 Å². The third kappa shape index (κ3) is 6.50. The molecule has 0 aromatic heterocycles. The minimum Gasteiger partial charge on any atom is -0.409 e. The van der Waals surface area contributed by atoms with Gasteiger partial charge in [-0.3, -0.25) is 0 Å². The molecule has 0 rings (SSSR count). The molecule has 20 heavy (non-hydrogen) atoms. The van der Waals surface area contributed by atoms with Crippen LogP contribution in [-0.2, 0) is 4.43 Å². The zero-order valence-electron chi connectivity index (χ0n) is 12.5. The number of halogens is 3. The molecule has 0 aromatic rings. The second-order valence-electron chi connectivity index (χ2n) is 4.77. The smallest absolute Gasteiger partial charge is 0.215 e. The van der Waals surface area contributed by atoms with E-state index in [-0.39, 0.29) is 6.61 Å². The molecule has 0 radical (unpaired) electrons. The number of hydrogen-bond donors (Lipinski definition) is 1. The summed E-state index contributed by atoms with van der Waals surface area (Å²) in [5.41, 5.74) is 0.713. The number of hydrogen-bond acceptors (Lipinski definition) is 2. The van der Waals surface area contributed by atoms with Crippen molar-refractivity contribution in [1.82, 2.24) is 0 Å². The number of aliphatic hydroxyl groups is 1. The molecule has 118 valence electrons. The van der Waals surface area contributed by atoms with Gasteiger partial charge >= 0.3 is 0 Å². The van der Waals surface area contributed by atoms with E-state index in [0.717, 1.165) is 18.1 Å². The van der Waals surface area contributed by atoms with Crippen LogP contribution in [0.2, 0.25) is 18.1 Å². The van der Waals surface area contributed by atoms with E-state index in [0.29, 0.717) is 12.0 Å². The van der Waals surface area contributed by atoms with Crippen LogP contribution in [0, 0.1) is 0 Å². The average Bonchev–Trinajstić information content (AvgIpc) is 2.42. The van der Waals surface area contributed by atoms with Crippen molar-refractivity contribution >= 4 is 43.1 Å². The summed E-state index contributed by atoms with van der Waals surface area (Å²) < 4.78 is 4.80. The Bertz CT molecular complexity index is 315. The Morgan fingerprint density at radius 3 is 2.05 bits per heavy atom. The van der Waals surface area contributed by atoms with Gasteiger partial charge in [-0.25, -0.2) is 0 Å². The first-order chi connectivity index (χ1) is 9.28. The van der Waals surface area contributed by atoms with E-state index in [1.165, 1.54) is 0 Å². The number of alkyl halides is 3. The lowest BCUT2D eigenvalue weighted by Crippen LogP contribution is -2.44. The molecular weight excluding hydrogens is 335 g/mol. The first-order valence-electron chi connectivity index (χ1n) is 6.95. The van der Waals surface area contributed by atoms with Gasteiger partial charge in [0.1, 0.15) is 0 Å². The van der Waals surface area contributed by atoms with Crippen LogP contribution in [0.25, 0.3) is 0 Å². The van der Waals surface area contributed by atoms with Gasteiger partial charge in [0.15, 0.2) is 8.32 Å². The summed E-state index contributed by atoms with van der Waals surface area (Å²) in [7, 11) is -1.85. The highest BCUT2D eigenvalue weighted by molar-refractivity contribution is 6.74. The summed E-state index contributed by atoms with van der Waals surface area (Å²) in [5.74, 6) is 0. The van der Waals surface area contributed by atoms with Gasteiger partial charge in [-0.1, -0.05) is 74.3 Å². The normalized spacial score (nSPS) is 15.2. The predicted octanol–water partition coefficient (Wildman–Crippen LogP) is 5.24. The molecule has 2 nitrogen and oxygen atoms in total. The molecule has 0 saturated heterocycles. The summed E-state index contributed by atoms with van der Waals surface area (Å²) in [4.78, 5) is 0. The molecule has 1 atom stereocenters. The molecular formula is C14H25Cl3O2Si. The van der Waals surface area contributed by atoms with Crippen LogP contribution in [0.4, 0.5) is 0 Å². The van der Waals surface area contributed by atoms with Crippen molar-refractivity contribution in [2.24, 2.45) is 0 Å². The maximum atomic E-state index is 9.14. The van der Waals surface area contributed by atoms with Crippen LogP contribution in [0.3, 0.4) is 0 Å². The molecule has 0 fully saturated rings. The molecule has 0 spiro atoms. The van der Waals surface area contributed by atoms with Gasteiger partial charge < -0.3 is 9.53 Å². The molecule has 0 aromatic carbocycles. The van der Waals surface area contributed by atoms with Gasteiger partial charge in [-0.05, 0) is 30.1 Å². The van der Waals surface area contributed by atoms with Crippen molar-refractivity contribution < 1.29 is 9.53 Å². The van der Waals surface area contributed by atoms with E-state index in [2.05, 4.69) is 27.4 Å². The van der Waals surface area contributed by atoms with Gasteiger partial charge in [-0.2, -0.15) is 0 Å². The van der Waals surface area contributed by atoms with E-state index >= 15 is 0 Å². The zero-order chi connectivity index (χ0) is 15.8. The summed E-state index contributed by atoms with van der Waals surface area (Å²) in [6.07, 6.45) is 3.37. The SMILES string of the molecule is C=C/C(=C\C[C@@H](O[Si](CC)(CC)CC)C(Cl)(Cl)Cl)CO. The first kappa shape index (κ1) is 20.5. The molecule has 1 N–H and O–H groups in total. The monoisotopic (exact) mass is 358 g/mol. The molecule has 0 bridgehead atoms. The van der Waals surface area contributed by atoms with Gasteiger partial charge in [0.25, 0.3) is 0 Å². The van der Waals surface area contributed by atoms with Gasteiger partial charge in [0.05, 0.1) is 12.7 Å². The Morgan fingerprint density at radius 1 is 1.25 bits per heavy atom. The first-order valence-corrected chi connectivity index (χ1v) is 10.6. The van der Waals surface area contributed by atoms with Crippen molar-refractivity contribution in [3.63, 3.8) is 0 Å². The molecule has 0 heterocycles. The third-order valence-electron chi connectivity index (χ3n) is 3.73. The van der Waals surface area contributed by atoms with E-state index in [9.17, 15) is 0 Å². The highest BCUT2D eigenvalue weighted by atomic mass is 35.6. The third-order valence-corrected chi connectivity index (χ3v) is 9.11. The van der Waals surface area contributed by atoms with Crippen molar-refractivity contribution in [2.45, 2.75) is 55.2 Å². The summed E-state index contributed by atoms with van der Waals surface area (Å²) in [5, 5.41) is 9.14. The number of rotatable bonds is 9. The Kier molecular flexibility index (Phi) is 9.72. The molecule has 0 saturated carbocycles. The maximum Gasteiger partial charge on any atom is 0.215 e. The lowest BCUT2D eigenvalue weighted by atomic mass is 10.2. The van der Waals surface area contributed by atoms with E-state index in [1.54, 1.807) is 6.08 Å². The molecule has 0 unspecified atom stereocenters. The van der Waals surface area contributed by atoms with Crippen LogP contribution in [-0.4, -0.2) is 29.9 Å². The minimum absolute atomic E-state index is 0.0754. The lowest BCUT2D eigenvalue weighted by Gasteiger charge is -2.36. The fraction of sp³-hybridized carbons (Fsp3) is 0.714. The zero-order valence-corrected chi connectivity index (χ0v) is 15.7. The molecule has 0 amide bonds. The van der Waals surface area contributed by atoms with Gasteiger partial charge in [0.2, 0.25) is 3.79 Å². The van der Waals surface area contributed by atoms with E-state index in [4.69, 9.17) is 44.3 Å². The van der Waals surface area contributed by atoms with Crippen LogP contribution < -0.4 is 0 Å². The van der Waals surface area contributed by atoms with Crippen LogP contribution in [0.5, 0.6) is 0 Å². The van der Waals surface area contributed by atoms with E-state index in [1.807, 2.05) is 6.08 Å². The van der Waals surface area contributed by atoms with Crippen molar-refractivity contribution in [1.29, 1.82) is 0 Å². The average molecular weight is 360 g/mol. The molecule has 0 aliphatic rings. The van der Waals surface area contributed by atoms with Crippen LogP contribution in [0.1, 0.15) is 27.2 Å². The Balaban J connectivity index is 5.09. The Morgan fingerprint density at radius 2 is 1.75 bits per heavy atom. The van der Waals surface area contributed by atoms with E-state index < -0.39 is 18.2 Å². The summed E-state index contributed by atoms with van der Waals surface area (Å²) >= 11 is 18.2. The fourth-order valence-electron chi connectivity index (χ4n) is 2.02. The highest BCUT2D eigenvalue weighted by Gasteiger charge is 2.40. The Hall–Kier alpha value is 0.487. The molecule has 0 aliphatic heterocycles. The maximum absolute atomic E-state index is 9.14. The Labute approximate surface area is 138 Å². The minimum atomic E-state index is -1.85. The van der Waals surface area contributed by atoms with Crippen LogP contribution in [0.15, 0.2) is 24.3 Å². The quantitative estimate of drug-likeness (QED) is 0.346. The fourth-order valence-corrected chi connectivity index (χ4v) is 5.52. The van der Waals surface area contributed by atoms with Crippen molar-refractivity contribution in [3.8, 4) is 0 Å². The molecule has 0 aliphatic carbocycles. The second-order valence-corrected chi connectivity index (χ2v) is 11.9. The van der Waals surface area contributed by atoms with Crippen molar-refractivity contribution in [3.05, 3.63) is 24.3 Å². The second kappa shape index (κ2) is 9.49. The van der Waals surface area contributed by atoms with Gasteiger partial charge in [0, 0.05) is 0 Å². The van der Waals surface area contributed by atoms with Crippen LogP contribution >= 0.6 is 34.8 Å².